The lowest BCUT2D eigenvalue weighted by Crippen LogP contribution is -2.48. The fourth-order valence-electron chi connectivity index (χ4n) is 2.72. The summed E-state index contributed by atoms with van der Waals surface area (Å²) >= 11 is 0. The normalized spacial score (nSPS) is 13.7. The summed E-state index contributed by atoms with van der Waals surface area (Å²) in [4.78, 5) is 49.4. The zero-order valence-corrected chi connectivity index (χ0v) is 15.5. The van der Waals surface area contributed by atoms with E-state index in [4.69, 9.17) is 4.74 Å². The molecule has 0 bridgehead atoms. The highest BCUT2D eigenvalue weighted by molar-refractivity contribution is 6.21. The monoisotopic (exact) mass is 399 g/mol. The average molecular weight is 399 g/mol. The van der Waals surface area contributed by atoms with E-state index in [1.807, 2.05) is 0 Å². The second-order valence-corrected chi connectivity index (χ2v) is 6.31. The van der Waals surface area contributed by atoms with Gasteiger partial charge in [-0.15, -0.1) is 0 Å². The van der Waals surface area contributed by atoms with Crippen LogP contribution in [0.5, 0.6) is 5.75 Å². The number of imide groups is 1. The molecule has 0 aliphatic carbocycles. The highest BCUT2D eigenvalue weighted by atomic mass is 19.1. The third kappa shape index (κ3) is 4.57. The summed E-state index contributed by atoms with van der Waals surface area (Å²) < 4.78 is 18.2. The van der Waals surface area contributed by atoms with Gasteiger partial charge < -0.3 is 4.74 Å². The van der Waals surface area contributed by atoms with E-state index < -0.39 is 35.5 Å². The number of fused-ring (bicyclic) bond motifs is 1. The van der Waals surface area contributed by atoms with Crippen molar-refractivity contribution in [3.05, 3.63) is 65.5 Å². The van der Waals surface area contributed by atoms with Crippen LogP contribution in [0.15, 0.2) is 48.5 Å². The molecule has 9 heteroatoms. The van der Waals surface area contributed by atoms with E-state index in [0.29, 0.717) is 16.9 Å². The molecular weight excluding hydrogens is 381 g/mol. The minimum atomic E-state index is -0.947. The van der Waals surface area contributed by atoms with E-state index in [1.54, 1.807) is 24.3 Å². The Kier molecular flexibility index (Phi) is 5.87. The van der Waals surface area contributed by atoms with Gasteiger partial charge in [0, 0.05) is 13.0 Å². The van der Waals surface area contributed by atoms with Gasteiger partial charge in [0.1, 0.15) is 11.6 Å². The number of hydrazine groups is 1. The van der Waals surface area contributed by atoms with Crippen molar-refractivity contribution in [1.29, 1.82) is 0 Å². The van der Waals surface area contributed by atoms with Gasteiger partial charge in [-0.05, 0) is 43.3 Å². The first kappa shape index (κ1) is 20.0. The van der Waals surface area contributed by atoms with E-state index in [0.717, 1.165) is 4.90 Å². The molecule has 3 rings (SSSR count). The number of rotatable bonds is 6. The van der Waals surface area contributed by atoms with Gasteiger partial charge in [-0.3, -0.25) is 34.9 Å². The smallest absolute Gasteiger partial charge is 0.279 e. The third-order valence-electron chi connectivity index (χ3n) is 4.26. The van der Waals surface area contributed by atoms with Crippen molar-refractivity contribution in [3.8, 4) is 5.75 Å². The van der Waals surface area contributed by atoms with Gasteiger partial charge in [-0.2, -0.15) is 0 Å². The molecule has 0 radical (unpaired) electrons. The minimum absolute atomic E-state index is 0.115. The molecule has 1 heterocycles. The fourth-order valence-corrected chi connectivity index (χ4v) is 2.72. The molecule has 2 aromatic carbocycles. The average Bonchev–Trinajstić information content (AvgIpc) is 2.96. The topological polar surface area (TPSA) is 105 Å². The van der Waals surface area contributed by atoms with Gasteiger partial charge in [0.15, 0.2) is 6.10 Å². The van der Waals surface area contributed by atoms with Crippen LogP contribution >= 0.6 is 0 Å². The van der Waals surface area contributed by atoms with Gasteiger partial charge in [-0.25, -0.2) is 4.39 Å². The van der Waals surface area contributed by atoms with Gasteiger partial charge >= 0.3 is 0 Å². The standard InChI is InChI=1S/C20H18FN3O5/c1-12(29-14-8-6-13(21)7-9-14)18(26)23-22-17(25)10-11-24-19(27)15-4-2-3-5-16(15)20(24)28/h2-9,12H,10-11H2,1H3,(H,22,25)(H,23,26)/t12-/m0/s1. The van der Waals surface area contributed by atoms with Crippen molar-refractivity contribution in [2.24, 2.45) is 0 Å². The second-order valence-electron chi connectivity index (χ2n) is 6.31. The summed E-state index contributed by atoms with van der Waals surface area (Å²) in [5, 5.41) is 0. The lowest BCUT2D eigenvalue weighted by molar-refractivity contribution is -0.132. The summed E-state index contributed by atoms with van der Waals surface area (Å²) in [6.07, 6.45) is -1.13. The third-order valence-corrected chi connectivity index (χ3v) is 4.26. The molecule has 4 amide bonds. The van der Waals surface area contributed by atoms with Crippen molar-refractivity contribution >= 4 is 23.6 Å². The molecule has 0 unspecified atom stereocenters. The lowest BCUT2D eigenvalue weighted by Gasteiger charge is -2.16. The number of ether oxygens (including phenoxy) is 1. The number of nitrogens with one attached hydrogen (secondary N) is 2. The highest BCUT2D eigenvalue weighted by Gasteiger charge is 2.35. The summed E-state index contributed by atoms with van der Waals surface area (Å²) in [5.74, 6) is -2.24. The maximum atomic E-state index is 12.9. The molecule has 2 aromatic rings. The SMILES string of the molecule is C[C@H](Oc1ccc(F)cc1)C(=O)NNC(=O)CCN1C(=O)c2ccccc2C1=O. The summed E-state index contributed by atoms with van der Waals surface area (Å²) in [5.41, 5.74) is 5.02. The summed E-state index contributed by atoms with van der Waals surface area (Å²) in [6.45, 7) is 1.35. The molecule has 0 aromatic heterocycles. The van der Waals surface area contributed by atoms with Crippen LogP contribution in [-0.4, -0.2) is 41.2 Å². The second kappa shape index (κ2) is 8.51. The predicted molar refractivity (Wildman–Crippen MR) is 99.2 cm³/mol. The maximum Gasteiger partial charge on any atom is 0.279 e. The molecule has 0 fully saturated rings. The molecule has 0 saturated heterocycles. The first-order valence-corrected chi connectivity index (χ1v) is 8.83. The van der Waals surface area contributed by atoms with Crippen LogP contribution in [0.3, 0.4) is 0 Å². The van der Waals surface area contributed by atoms with Crippen LogP contribution in [0.25, 0.3) is 0 Å². The van der Waals surface area contributed by atoms with Crippen LogP contribution < -0.4 is 15.6 Å². The van der Waals surface area contributed by atoms with Crippen LogP contribution in [0.4, 0.5) is 4.39 Å². The number of carbonyl (C=O) groups excluding carboxylic acids is 4. The number of halogens is 1. The molecule has 0 spiro atoms. The Morgan fingerprint density at radius 2 is 1.59 bits per heavy atom. The number of nitrogens with zero attached hydrogens (tertiary/aromatic N) is 1. The van der Waals surface area contributed by atoms with E-state index in [-0.39, 0.29) is 13.0 Å². The van der Waals surface area contributed by atoms with Crippen LogP contribution in [0.1, 0.15) is 34.1 Å². The Hall–Kier alpha value is -3.75. The molecule has 1 aliphatic heterocycles. The Morgan fingerprint density at radius 1 is 1.00 bits per heavy atom. The highest BCUT2D eigenvalue weighted by Crippen LogP contribution is 2.22. The molecule has 2 N–H and O–H groups in total. The Morgan fingerprint density at radius 3 is 2.17 bits per heavy atom. The zero-order valence-electron chi connectivity index (χ0n) is 15.5. The largest absolute Gasteiger partial charge is 0.481 e. The van der Waals surface area contributed by atoms with Crippen molar-refractivity contribution in [2.75, 3.05) is 6.54 Å². The molecular formula is C20H18FN3O5. The molecule has 8 nitrogen and oxygen atoms in total. The molecule has 29 heavy (non-hydrogen) atoms. The van der Waals surface area contributed by atoms with Gasteiger partial charge in [0.25, 0.3) is 17.7 Å². The first-order chi connectivity index (χ1) is 13.9. The maximum absolute atomic E-state index is 12.9. The molecule has 1 aliphatic rings. The molecule has 150 valence electrons. The molecule has 0 saturated carbocycles. The van der Waals surface area contributed by atoms with Crippen LogP contribution in [0, 0.1) is 5.82 Å². The van der Waals surface area contributed by atoms with Crippen molar-refractivity contribution in [1.82, 2.24) is 15.8 Å². The van der Waals surface area contributed by atoms with Crippen molar-refractivity contribution in [2.45, 2.75) is 19.4 Å². The van der Waals surface area contributed by atoms with E-state index in [1.165, 1.54) is 31.2 Å². The lowest BCUT2D eigenvalue weighted by atomic mass is 10.1. The van der Waals surface area contributed by atoms with Crippen molar-refractivity contribution < 1.29 is 28.3 Å². The van der Waals surface area contributed by atoms with Crippen LogP contribution in [-0.2, 0) is 9.59 Å². The van der Waals surface area contributed by atoms with E-state index >= 15 is 0 Å². The Bertz CT molecular complexity index is 926. The predicted octanol–water partition coefficient (Wildman–Crippen LogP) is 1.43. The number of hydrogen-bond donors (Lipinski definition) is 2. The van der Waals surface area contributed by atoms with Gasteiger partial charge in [0.2, 0.25) is 5.91 Å². The van der Waals surface area contributed by atoms with E-state index in [2.05, 4.69) is 10.9 Å². The van der Waals surface area contributed by atoms with Gasteiger partial charge in [-0.1, -0.05) is 12.1 Å². The number of amides is 4. The Labute approximate surface area is 165 Å². The number of hydrogen-bond acceptors (Lipinski definition) is 5. The van der Waals surface area contributed by atoms with E-state index in [9.17, 15) is 23.6 Å². The van der Waals surface area contributed by atoms with Crippen molar-refractivity contribution in [3.63, 3.8) is 0 Å². The number of carbonyl (C=O) groups is 4. The minimum Gasteiger partial charge on any atom is -0.481 e. The summed E-state index contributed by atoms with van der Waals surface area (Å²) in [6, 6.07) is 11.6. The number of benzene rings is 2. The molecule has 1 atom stereocenters. The first-order valence-electron chi connectivity index (χ1n) is 8.83. The van der Waals surface area contributed by atoms with Gasteiger partial charge in [0.05, 0.1) is 11.1 Å². The Balaban J connectivity index is 1.44. The van der Waals surface area contributed by atoms with Crippen LogP contribution in [0.2, 0.25) is 0 Å². The zero-order chi connectivity index (χ0) is 21.0. The summed E-state index contributed by atoms with van der Waals surface area (Å²) in [7, 11) is 0. The quantitative estimate of drug-likeness (QED) is 0.565. The fraction of sp³-hybridized carbons (Fsp3) is 0.200.